The second kappa shape index (κ2) is 5.51. The predicted molar refractivity (Wildman–Crippen MR) is 81.9 cm³/mol. The monoisotopic (exact) mass is 322 g/mol. The summed E-state index contributed by atoms with van der Waals surface area (Å²) in [5.41, 5.74) is 0.789. The van der Waals surface area contributed by atoms with Gasteiger partial charge in [0, 0.05) is 21.2 Å². The fourth-order valence-electron chi connectivity index (χ4n) is 1.78. The fourth-order valence-corrected chi connectivity index (χ4v) is 4.86. The number of rotatable bonds is 4. The highest BCUT2D eigenvalue weighted by molar-refractivity contribution is 8.01. The van der Waals surface area contributed by atoms with Crippen molar-refractivity contribution < 1.29 is 9.90 Å². The molecular weight excluding hydrogens is 312 g/mol. The number of thiazole rings is 1. The molecule has 0 unspecified atom stereocenters. The van der Waals surface area contributed by atoms with Crippen LogP contribution in [0.4, 0.5) is 0 Å². The second-order valence-electron chi connectivity index (χ2n) is 4.11. The highest BCUT2D eigenvalue weighted by Crippen LogP contribution is 2.36. The topological polar surface area (TPSA) is 63.1 Å². The van der Waals surface area contributed by atoms with Gasteiger partial charge in [-0.1, -0.05) is 0 Å². The van der Waals surface area contributed by atoms with Crippen LogP contribution in [0.3, 0.4) is 0 Å². The van der Waals surface area contributed by atoms with E-state index in [4.69, 9.17) is 5.11 Å². The first-order valence-electron chi connectivity index (χ1n) is 5.81. The van der Waals surface area contributed by atoms with E-state index in [0.717, 1.165) is 25.3 Å². The fraction of sp³-hybridized carbons (Fsp3) is 0.154. The van der Waals surface area contributed by atoms with E-state index in [2.05, 4.69) is 9.97 Å². The van der Waals surface area contributed by atoms with Crippen LogP contribution < -0.4 is 0 Å². The summed E-state index contributed by atoms with van der Waals surface area (Å²) in [5, 5.41) is 12.9. The largest absolute Gasteiger partial charge is 0.481 e. The van der Waals surface area contributed by atoms with Crippen LogP contribution in [0.15, 0.2) is 33.1 Å². The van der Waals surface area contributed by atoms with E-state index in [1.807, 2.05) is 24.4 Å². The quantitative estimate of drug-likeness (QED) is 0.790. The van der Waals surface area contributed by atoms with Crippen molar-refractivity contribution in [1.82, 2.24) is 9.97 Å². The van der Waals surface area contributed by atoms with E-state index >= 15 is 0 Å². The average Bonchev–Trinajstić information content (AvgIpc) is 2.97. The molecule has 0 aliphatic carbocycles. The van der Waals surface area contributed by atoms with Crippen molar-refractivity contribution in [3.8, 4) is 0 Å². The Balaban J connectivity index is 1.91. The van der Waals surface area contributed by atoms with Crippen LogP contribution in [0.2, 0.25) is 0 Å². The SMILES string of the molecule is Cc1nc(Sc2nccc3sccc23)sc1CC(=O)O. The summed E-state index contributed by atoms with van der Waals surface area (Å²) in [5.74, 6) is -0.827. The van der Waals surface area contributed by atoms with Crippen LogP contribution >= 0.6 is 34.4 Å². The van der Waals surface area contributed by atoms with E-state index in [1.54, 1.807) is 17.5 Å². The Kier molecular flexibility index (Phi) is 3.73. The molecule has 7 heteroatoms. The minimum absolute atomic E-state index is 0.0279. The summed E-state index contributed by atoms with van der Waals surface area (Å²) in [6, 6.07) is 4.04. The first-order chi connectivity index (χ1) is 9.63. The molecule has 3 aromatic rings. The maximum absolute atomic E-state index is 10.8. The predicted octanol–water partition coefficient (Wildman–Crippen LogP) is 3.84. The molecule has 0 bridgehead atoms. The average molecular weight is 322 g/mol. The smallest absolute Gasteiger partial charge is 0.308 e. The van der Waals surface area contributed by atoms with Crippen LogP contribution in [-0.4, -0.2) is 21.0 Å². The molecule has 0 atom stereocenters. The minimum Gasteiger partial charge on any atom is -0.481 e. The van der Waals surface area contributed by atoms with Crippen molar-refractivity contribution in [2.24, 2.45) is 0 Å². The summed E-state index contributed by atoms with van der Waals surface area (Å²) in [7, 11) is 0. The molecule has 1 N–H and O–H groups in total. The third kappa shape index (κ3) is 2.70. The van der Waals surface area contributed by atoms with Gasteiger partial charge in [-0.15, -0.1) is 22.7 Å². The van der Waals surface area contributed by atoms with Crippen LogP contribution in [0, 0.1) is 6.92 Å². The zero-order chi connectivity index (χ0) is 14.1. The van der Waals surface area contributed by atoms with Gasteiger partial charge in [-0.05, 0) is 36.2 Å². The molecule has 3 heterocycles. The Morgan fingerprint density at radius 3 is 3.10 bits per heavy atom. The van der Waals surface area contributed by atoms with Crippen LogP contribution in [0.25, 0.3) is 10.1 Å². The summed E-state index contributed by atoms with van der Waals surface area (Å²) in [6.45, 7) is 1.84. The number of aliphatic carboxylic acids is 1. The molecule has 4 nitrogen and oxygen atoms in total. The van der Waals surface area contributed by atoms with Crippen molar-refractivity contribution in [2.45, 2.75) is 22.7 Å². The maximum atomic E-state index is 10.8. The van der Waals surface area contributed by atoms with Gasteiger partial charge >= 0.3 is 5.97 Å². The highest BCUT2D eigenvalue weighted by atomic mass is 32.2. The number of fused-ring (bicyclic) bond motifs is 1. The molecule has 3 rings (SSSR count). The van der Waals surface area contributed by atoms with Crippen LogP contribution in [0.1, 0.15) is 10.6 Å². The third-order valence-electron chi connectivity index (χ3n) is 2.71. The van der Waals surface area contributed by atoms with Crippen molar-refractivity contribution in [2.75, 3.05) is 0 Å². The third-order valence-corrected chi connectivity index (χ3v) is 5.83. The lowest BCUT2D eigenvalue weighted by atomic mass is 10.3. The molecule has 102 valence electrons. The zero-order valence-corrected chi connectivity index (χ0v) is 12.9. The molecule has 0 aromatic carbocycles. The van der Waals surface area contributed by atoms with Crippen LogP contribution in [-0.2, 0) is 11.2 Å². The lowest BCUT2D eigenvalue weighted by Gasteiger charge is -1.98. The molecule has 0 spiro atoms. The van der Waals surface area contributed by atoms with E-state index in [-0.39, 0.29) is 6.42 Å². The van der Waals surface area contributed by atoms with Crippen molar-refractivity contribution in [1.29, 1.82) is 0 Å². The Morgan fingerprint density at radius 2 is 2.30 bits per heavy atom. The zero-order valence-electron chi connectivity index (χ0n) is 10.5. The standard InChI is InChI=1S/C13H10N2O2S3/c1-7-10(6-11(16)17)19-13(15-7)20-12-8-3-5-18-9(8)2-4-14-12/h2-5H,6H2,1H3,(H,16,17). The number of aryl methyl sites for hydroxylation is 1. The number of nitrogens with zero attached hydrogens (tertiary/aromatic N) is 2. The number of hydrogen-bond donors (Lipinski definition) is 1. The molecule has 0 aliphatic heterocycles. The summed E-state index contributed by atoms with van der Waals surface area (Å²) in [4.78, 5) is 20.4. The Bertz CT molecular complexity index is 779. The number of carboxylic acid groups (broad SMARTS) is 1. The van der Waals surface area contributed by atoms with Gasteiger partial charge in [-0.2, -0.15) is 0 Å². The van der Waals surface area contributed by atoms with Gasteiger partial charge in [0.25, 0.3) is 0 Å². The molecular formula is C13H10N2O2S3. The highest BCUT2D eigenvalue weighted by Gasteiger charge is 2.13. The van der Waals surface area contributed by atoms with Gasteiger partial charge in [0.2, 0.25) is 0 Å². The molecule has 0 saturated carbocycles. The van der Waals surface area contributed by atoms with Gasteiger partial charge in [0.1, 0.15) is 5.03 Å². The first-order valence-corrected chi connectivity index (χ1v) is 8.33. The van der Waals surface area contributed by atoms with Gasteiger partial charge in [0.05, 0.1) is 12.1 Å². The number of thiophene rings is 1. The lowest BCUT2D eigenvalue weighted by Crippen LogP contribution is -1.99. The Labute approximate surface area is 127 Å². The molecule has 3 aromatic heterocycles. The van der Waals surface area contributed by atoms with E-state index in [1.165, 1.54) is 27.8 Å². The maximum Gasteiger partial charge on any atom is 0.308 e. The molecule has 0 amide bonds. The van der Waals surface area contributed by atoms with E-state index in [9.17, 15) is 4.79 Å². The summed E-state index contributed by atoms with van der Waals surface area (Å²) < 4.78 is 2.03. The Hall–Kier alpha value is -1.44. The van der Waals surface area contributed by atoms with E-state index in [0.29, 0.717) is 0 Å². The number of hydrogen-bond acceptors (Lipinski definition) is 6. The summed E-state index contributed by atoms with van der Waals surface area (Å²) >= 11 is 4.60. The van der Waals surface area contributed by atoms with Crippen molar-refractivity contribution in [3.63, 3.8) is 0 Å². The Morgan fingerprint density at radius 1 is 1.45 bits per heavy atom. The van der Waals surface area contributed by atoms with Crippen molar-refractivity contribution in [3.05, 3.63) is 34.3 Å². The minimum atomic E-state index is -0.827. The van der Waals surface area contributed by atoms with Gasteiger partial charge in [0.15, 0.2) is 4.34 Å². The molecule has 20 heavy (non-hydrogen) atoms. The molecule has 0 aliphatic rings. The number of aromatic nitrogens is 2. The lowest BCUT2D eigenvalue weighted by molar-refractivity contribution is -0.136. The molecule has 0 saturated heterocycles. The van der Waals surface area contributed by atoms with Gasteiger partial charge in [-0.3, -0.25) is 4.79 Å². The van der Waals surface area contributed by atoms with Crippen molar-refractivity contribution >= 4 is 50.5 Å². The van der Waals surface area contributed by atoms with Gasteiger partial charge in [-0.25, -0.2) is 9.97 Å². The number of pyridine rings is 1. The van der Waals surface area contributed by atoms with Crippen LogP contribution in [0.5, 0.6) is 0 Å². The number of carboxylic acids is 1. The van der Waals surface area contributed by atoms with E-state index < -0.39 is 5.97 Å². The molecule has 0 radical (unpaired) electrons. The number of carbonyl (C=O) groups is 1. The van der Waals surface area contributed by atoms with Gasteiger partial charge < -0.3 is 5.11 Å². The molecule has 0 fully saturated rings. The summed E-state index contributed by atoms with van der Waals surface area (Å²) in [6.07, 6.45) is 1.82. The second-order valence-corrected chi connectivity index (χ2v) is 7.38. The normalized spacial score (nSPS) is 11.1. The first kappa shape index (κ1) is 13.5.